The molecule has 0 unspecified atom stereocenters. The predicted molar refractivity (Wildman–Crippen MR) is 93.7 cm³/mol. The van der Waals surface area contributed by atoms with Gasteiger partial charge in [0.05, 0.1) is 17.2 Å². The Morgan fingerprint density at radius 1 is 1.21 bits per heavy atom. The number of piperazine rings is 1. The summed E-state index contributed by atoms with van der Waals surface area (Å²) in [5.41, 5.74) is 1.02. The van der Waals surface area contributed by atoms with Gasteiger partial charge in [-0.1, -0.05) is 12.1 Å². The van der Waals surface area contributed by atoms with Gasteiger partial charge in [-0.05, 0) is 37.9 Å². The molecule has 2 saturated heterocycles. The summed E-state index contributed by atoms with van der Waals surface area (Å²) < 4.78 is 0. The lowest BCUT2D eigenvalue weighted by Crippen LogP contribution is -2.49. The van der Waals surface area contributed by atoms with Crippen molar-refractivity contribution in [3.63, 3.8) is 0 Å². The van der Waals surface area contributed by atoms with Crippen LogP contribution in [0.15, 0.2) is 24.3 Å². The highest BCUT2D eigenvalue weighted by molar-refractivity contribution is 5.96. The molecule has 1 atom stereocenters. The molecule has 5 heteroatoms. The number of hydrogen-bond acceptors (Lipinski definition) is 4. The number of benzene rings is 1. The standard InChI is InChI=1S/C19H26N4O/c1-21-9-11-22(12-10-21)14-16-5-4-8-23(15-16)19(24)18-7-3-2-6-17(18)13-20/h2-3,6-7,16H,4-5,8-12,14-15H2,1H3/t16-/m1/s1. The Morgan fingerprint density at radius 2 is 1.96 bits per heavy atom. The van der Waals surface area contributed by atoms with Crippen molar-refractivity contribution in [2.75, 3.05) is 52.9 Å². The highest BCUT2D eigenvalue weighted by atomic mass is 16.2. The topological polar surface area (TPSA) is 50.6 Å². The van der Waals surface area contributed by atoms with Gasteiger partial charge in [0, 0.05) is 45.8 Å². The average molecular weight is 326 g/mol. The second kappa shape index (κ2) is 7.78. The molecule has 2 aliphatic rings. The van der Waals surface area contributed by atoms with Crippen LogP contribution in [0.2, 0.25) is 0 Å². The zero-order valence-corrected chi connectivity index (χ0v) is 14.4. The van der Waals surface area contributed by atoms with Gasteiger partial charge in [0.15, 0.2) is 0 Å². The van der Waals surface area contributed by atoms with E-state index in [1.54, 1.807) is 12.1 Å². The van der Waals surface area contributed by atoms with E-state index in [1.807, 2.05) is 17.0 Å². The Hall–Kier alpha value is -1.90. The van der Waals surface area contributed by atoms with Gasteiger partial charge in [0.25, 0.3) is 5.91 Å². The van der Waals surface area contributed by atoms with Crippen molar-refractivity contribution in [3.8, 4) is 6.07 Å². The van der Waals surface area contributed by atoms with Crippen molar-refractivity contribution in [2.45, 2.75) is 12.8 Å². The number of carbonyl (C=O) groups is 1. The van der Waals surface area contributed by atoms with E-state index in [9.17, 15) is 10.1 Å². The van der Waals surface area contributed by atoms with Crippen LogP contribution < -0.4 is 0 Å². The Balaban J connectivity index is 1.61. The normalized spacial score (nSPS) is 23.0. The van der Waals surface area contributed by atoms with E-state index in [0.29, 0.717) is 17.0 Å². The molecule has 2 heterocycles. The summed E-state index contributed by atoms with van der Waals surface area (Å²) in [5, 5.41) is 9.22. The first-order chi connectivity index (χ1) is 11.7. The van der Waals surface area contributed by atoms with Crippen molar-refractivity contribution in [2.24, 2.45) is 5.92 Å². The summed E-state index contributed by atoms with van der Waals surface area (Å²) in [6.45, 7) is 7.20. The molecule has 5 nitrogen and oxygen atoms in total. The maximum absolute atomic E-state index is 12.8. The second-order valence-corrected chi connectivity index (χ2v) is 7.02. The molecule has 1 aromatic carbocycles. The predicted octanol–water partition coefficient (Wildman–Crippen LogP) is 1.66. The molecule has 0 radical (unpaired) electrons. The molecule has 1 aromatic rings. The molecule has 3 rings (SSSR count). The lowest BCUT2D eigenvalue weighted by atomic mass is 9.96. The largest absolute Gasteiger partial charge is 0.338 e. The molecule has 2 aliphatic heterocycles. The van der Waals surface area contributed by atoms with Crippen LogP contribution in [0.4, 0.5) is 0 Å². The summed E-state index contributed by atoms with van der Waals surface area (Å²) in [6, 6.07) is 9.27. The van der Waals surface area contributed by atoms with Crippen molar-refractivity contribution in [1.82, 2.24) is 14.7 Å². The molecular weight excluding hydrogens is 300 g/mol. The maximum atomic E-state index is 12.8. The summed E-state index contributed by atoms with van der Waals surface area (Å²) in [4.78, 5) is 19.7. The Kier molecular flexibility index (Phi) is 5.49. The van der Waals surface area contributed by atoms with Gasteiger partial charge in [0.2, 0.25) is 0 Å². The minimum atomic E-state index is 0.00947. The quantitative estimate of drug-likeness (QED) is 0.848. The molecule has 2 fully saturated rings. The molecule has 0 aliphatic carbocycles. The first kappa shape index (κ1) is 16.9. The molecule has 128 valence electrons. The van der Waals surface area contributed by atoms with Gasteiger partial charge < -0.3 is 14.7 Å². The zero-order valence-electron chi connectivity index (χ0n) is 14.4. The van der Waals surface area contributed by atoms with Gasteiger partial charge in [-0.2, -0.15) is 5.26 Å². The van der Waals surface area contributed by atoms with Crippen LogP contribution in [0.25, 0.3) is 0 Å². The average Bonchev–Trinajstić information content (AvgIpc) is 2.63. The fraction of sp³-hybridized carbons (Fsp3) is 0.579. The SMILES string of the molecule is CN1CCN(C[C@H]2CCCN(C(=O)c3ccccc3C#N)C2)CC1. The lowest BCUT2D eigenvalue weighted by molar-refractivity contribution is 0.0609. The Bertz CT molecular complexity index is 616. The van der Waals surface area contributed by atoms with Gasteiger partial charge >= 0.3 is 0 Å². The van der Waals surface area contributed by atoms with Crippen molar-refractivity contribution in [1.29, 1.82) is 5.26 Å². The zero-order chi connectivity index (χ0) is 16.9. The van der Waals surface area contributed by atoms with Gasteiger partial charge in [0.1, 0.15) is 0 Å². The van der Waals surface area contributed by atoms with E-state index in [0.717, 1.165) is 52.2 Å². The van der Waals surface area contributed by atoms with Crippen molar-refractivity contribution < 1.29 is 4.79 Å². The van der Waals surface area contributed by atoms with Crippen LogP contribution >= 0.6 is 0 Å². The summed E-state index contributed by atoms with van der Waals surface area (Å²) >= 11 is 0. The minimum absolute atomic E-state index is 0.00947. The first-order valence-corrected chi connectivity index (χ1v) is 8.86. The van der Waals surface area contributed by atoms with E-state index < -0.39 is 0 Å². The van der Waals surface area contributed by atoms with Gasteiger partial charge in [-0.15, -0.1) is 0 Å². The molecular formula is C19H26N4O. The number of carbonyl (C=O) groups excluding carboxylic acids is 1. The number of rotatable bonds is 3. The van der Waals surface area contributed by atoms with Crippen molar-refractivity contribution >= 4 is 5.91 Å². The smallest absolute Gasteiger partial charge is 0.255 e. The molecule has 0 spiro atoms. The Labute approximate surface area is 144 Å². The van der Waals surface area contributed by atoms with E-state index in [1.165, 1.54) is 6.42 Å². The fourth-order valence-corrected chi connectivity index (χ4v) is 3.73. The number of amides is 1. The lowest BCUT2D eigenvalue weighted by Gasteiger charge is -2.38. The van der Waals surface area contributed by atoms with E-state index in [4.69, 9.17) is 0 Å². The Morgan fingerprint density at radius 3 is 2.71 bits per heavy atom. The molecule has 1 amide bonds. The van der Waals surface area contributed by atoms with E-state index >= 15 is 0 Å². The molecule has 0 bridgehead atoms. The second-order valence-electron chi connectivity index (χ2n) is 7.02. The third kappa shape index (κ3) is 3.95. The first-order valence-electron chi connectivity index (χ1n) is 8.86. The van der Waals surface area contributed by atoms with E-state index in [2.05, 4.69) is 22.9 Å². The van der Waals surface area contributed by atoms with Gasteiger partial charge in [-0.25, -0.2) is 0 Å². The van der Waals surface area contributed by atoms with Crippen LogP contribution in [0, 0.1) is 17.2 Å². The molecule has 0 N–H and O–H groups in total. The highest BCUT2D eigenvalue weighted by Gasteiger charge is 2.27. The minimum Gasteiger partial charge on any atom is -0.338 e. The molecule has 0 saturated carbocycles. The van der Waals surface area contributed by atoms with Crippen LogP contribution in [0.5, 0.6) is 0 Å². The third-order valence-electron chi connectivity index (χ3n) is 5.20. The third-order valence-corrected chi connectivity index (χ3v) is 5.20. The highest BCUT2D eigenvalue weighted by Crippen LogP contribution is 2.21. The maximum Gasteiger partial charge on any atom is 0.255 e. The summed E-state index contributed by atoms with van der Waals surface area (Å²) in [7, 11) is 2.17. The number of likely N-dealkylation sites (N-methyl/N-ethyl adjacent to an activating group) is 1. The number of nitriles is 1. The number of piperidine rings is 1. The van der Waals surface area contributed by atoms with Crippen LogP contribution in [-0.4, -0.2) is 73.5 Å². The molecule has 0 aromatic heterocycles. The summed E-state index contributed by atoms with van der Waals surface area (Å²) in [5.74, 6) is 0.551. The number of likely N-dealkylation sites (tertiary alicyclic amines) is 1. The van der Waals surface area contributed by atoms with Gasteiger partial charge in [-0.3, -0.25) is 4.79 Å². The molecule has 24 heavy (non-hydrogen) atoms. The number of nitrogens with zero attached hydrogens (tertiary/aromatic N) is 4. The van der Waals surface area contributed by atoms with Crippen LogP contribution in [0.3, 0.4) is 0 Å². The summed E-state index contributed by atoms with van der Waals surface area (Å²) in [6.07, 6.45) is 2.24. The van der Waals surface area contributed by atoms with Crippen molar-refractivity contribution in [3.05, 3.63) is 35.4 Å². The van der Waals surface area contributed by atoms with Crippen LogP contribution in [-0.2, 0) is 0 Å². The monoisotopic (exact) mass is 326 g/mol. The fourth-order valence-electron chi connectivity index (χ4n) is 3.73. The van der Waals surface area contributed by atoms with Crippen LogP contribution in [0.1, 0.15) is 28.8 Å². The van der Waals surface area contributed by atoms with E-state index in [-0.39, 0.29) is 5.91 Å². The number of hydrogen-bond donors (Lipinski definition) is 0.